The average molecular weight is 286 g/mol. The van der Waals surface area contributed by atoms with Crippen molar-refractivity contribution >= 4 is 22.9 Å². The molecule has 3 nitrogen and oxygen atoms in total. The van der Waals surface area contributed by atoms with Gasteiger partial charge in [-0.05, 0) is 35.1 Å². The van der Waals surface area contributed by atoms with E-state index in [1.165, 1.54) is 10.4 Å². The summed E-state index contributed by atoms with van der Waals surface area (Å²) in [4.78, 5) is 13.6. The molecule has 0 bridgehead atoms. The summed E-state index contributed by atoms with van der Waals surface area (Å²) in [5.41, 5.74) is 3.52. The minimum Gasteiger partial charge on any atom is -0.384 e. The van der Waals surface area contributed by atoms with E-state index < -0.39 is 0 Å². The van der Waals surface area contributed by atoms with E-state index in [1.807, 2.05) is 24.3 Å². The summed E-state index contributed by atoms with van der Waals surface area (Å²) >= 11 is 1.71. The highest BCUT2D eigenvalue weighted by atomic mass is 32.1. The Morgan fingerprint density at radius 1 is 1.40 bits per heavy atom. The summed E-state index contributed by atoms with van der Waals surface area (Å²) < 4.78 is 0. The summed E-state index contributed by atoms with van der Waals surface area (Å²) in [7, 11) is 0. The van der Waals surface area contributed by atoms with E-state index in [0.717, 1.165) is 17.7 Å². The minimum absolute atomic E-state index is 0.0729. The van der Waals surface area contributed by atoms with Gasteiger partial charge in [0.2, 0.25) is 5.91 Å². The zero-order valence-corrected chi connectivity index (χ0v) is 12.3. The molecule has 1 atom stereocenters. The van der Waals surface area contributed by atoms with Gasteiger partial charge in [0, 0.05) is 17.1 Å². The van der Waals surface area contributed by atoms with Gasteiger partial charge in [0.1, 0.15) is 0 Å². The number of hydrogen-bond acceptors (Lipinski definition) is 3. The fraction of sp³-hybridized carbons (Fsp3) is 0.312. The van der Waals surface area contributed by atoms with Crippen molar-refractivity contribution in [1.82, 2.24) is 5.32 Å². The van der Waals surface area contributed by atoms with Gasteiger partial charge in [-0.15, -0.1) is 11.3 Å². The molecule has 3 rings (SSSR count). The number of carbonyl (C=O) groups is 1. The zero-order valence-electron chi connectivity index (χ0n) is 11.5. The van der Waals surface area contributed by atoms with Crippen LogP contribution in [0, 0.1) is 0 Å². The van der Waals surface area contributed by atoms with E-state index in [0.29, 0.717) is 13.1 Å². The Hall–Kier alpha value is -1.81. The molecule has 0 aliphatic carbocycles. The van der Waals surface area contributed by atoms with Crippen LogP contribution in [0.3, 0.4) is 0 Å². The molecule has 0 saturated carbocycles. The van der Waals surface area contributed by atoms with Gasteiger partial charge in [-0.25, -0.2) is 0 Å². The fourth-order valence-corrected chi connectivity index (χ4v) is 3.56. The van der Waals surface area contributed by atoms with Crippen molar-refractivity contribution in [2.75, 3.05) is 11.9 Å². The molecule has 0 spiro atoms. The molecule has 2 N–H and O–H groups in total. The minimum atomic E-state index is -0.0729. The second-order valence-corrected chi connectivity index (χ2v) is 5.96. The van der Waals surface area contributed by atoms with Gasteiger partial charge >= 0.3 is 0 Å². The van der Waals surface area contributed by atoms with Crippen molar-refractivity contribution in [2.45, 2.75) is 25.8 Å². The normalized spacial score (nSPS) is 16.6. The molecule has 104 valence electrons. The summed E-state index contributed by atoms with van der Waals surface area (Å²) in [5.74, 6) is 0.0362. The second kappa shape index (κ2) is 5.67. The van der Waals surface area contributed by atoms with Gasteiger partial charge in [0.05, 0.1) is 12.5 Å². The van der Waals surface area contributed by atoms with Crippen molar-refractivity contribution in [2.24, 2.45) is 0 Å². The molecule has 2 heterocycles. The predicted molar refractivity (Wildman–Crippen MR) is 83.2 cm³/mol. The lowest BCUT2D eigenvalue weighted by atomic mass is 10.0. The highest BCUT2D eigenvalue weighted by Crippen LogP contribution is 2.31. The summed E-state index contributed by atoms with van der Waals surface area (Å²) in [5, 5.41) is 8.45. The number of rotatable bonds is 4. The highest BCUT2D eigenvalue weighted by molar-refractivity contribution is 7.10. The van der Waals surface area contributed by atoms with E-state index in [4.69, 9.17) is 0 Å². The molecule has 1 aromatic heterocycles. The number of aryl methyl sites for hydroxylation is 1. The van der Waals surface area contributed by atoms with Crippen molar-refractivity contribution in [3.05, 3.63) is 51.7 Å². The SMILES string of the molecule is CCc1ccsc1CNC(=O)C1CNc2ccccc21. The topological polar surface area (TPSA) is 41.1 Å². The number of carbonyl (C=O) groups excluding carboxylic acids is 1. The van der Waals surface area contributed by atoms with E-state index in [-0.39, 0.29) is 11.8 Å². The van der Waals surface area contributed by atoms with Crippen molar-refractivity contribution in [3.8, 4) is 0 Å². The molecule has 0 radical (unpaired) electrons. The second-order valence-electron chi connectivity index (χ2n) is 4.96. The molecule has 1 aromatic carbocycles. The van der Waals surface area contributed by atoms with Crippen LogP contribution in [0.25, 0.3) is 0 Å². The number of para-hydroxylation sites is 1. The van der Waals surface area contributed by atoms with Gasteiger partial charge in [-0.3, -0.25) is 4.79 Å². The van der Waals surface area contributed by atoms with Crippen molar-refractivity contribution in [3.63, 3.8) is 0 Å². The molecule has 1 unspecified atom stereocenters. The van der Waals surface area contributed by atoms with Gasteiger partial charge in [-0.2, -0.15) is 0 Å². The largest absolute Gasteiger partial charge is 0.384 e. The Bertz CT molecular complexity index is 620. The third kappa shape index (κ3) is 2.43. The summed E-state index contributed by atoms with van der Waals surface area (Å²) in [6.07, 6.45) is 1.02. The number of fused-ring (bicyclic) bond motifs is 1. The first-order valence-electron chi connectivity index (χ1n) is 6.95. The third-order valence-electron chi connectivity index (χ3n) is 3.79. The van der Waals surface area contributed by atoms with E-state index in [2.05, 4.69) is 29.0 Å². The van der Waals surface area contributed by atoms with Crippen molar-refractivity contribution in [1.29, 1.82) is 0 Å². The Labute approximate surface area is 123 Å². The van der Waals surface area contributed by atoms with Gasteiger partial charge in [-0.1, -0.05) is 25.1 Å². The lowest BCUT2D eigenvalue weighted by Gasteiger charge is -2.11. The zero-order chi connectivity index (χ0) is 13.9. The molecule has 20 heavy (non-hydrogen) atoms. The Morgan fingerprint density at radius 3 is 3.10 bits per heavy atom. The van der Waals surface area contributed by atoms with Crippen molar-refractivity contribution < 1.29 is 4.79 Å². The maximum atomic E-state index is 12.4. The van der Waals surface area contributed by atoms with Crippen LogP contribution in [0.4, 0.5) is 5.69 Å². The smallest absolute Gasteiger partial charge is 0.229 e. The Kier molecular flexibility index (Phi) is 3.74. The van der Waals surface area contributed by atoms with Crippen LogP contribution in [0.5, 0.6) is 0 Å². The molecule has 1 amide bonds. The number of thiophene rings is 1. The van der Waals surface area contributed by atoms with Crippen LogP contribution in [0.2, 0.25) is 0 Å². The standard InChI is InChI=1S/C16H18N2OS/c1-2-11-7-8-20-15(11)10-18-16(19)13-9-17-14-6-4-3-5-12(13)14/h3-8,13,17H,2,9-10H2,1H3,(H,18,19). The number of nitrogens with one attached hydrogen (secondary N) is 2. The average Bonchev–Trinajstić information content (AvgIpc) is 3.11. The lowest BCUT2D eigenvalue weighted by Crippen LogP contribution is -2.29. The Morgan fingerprint density at radius 2 is 2.25 bits per heavy atom. The quantitative estimate of drug-likeness (QED) is 0.906. The van der Waals surface area contributed by atoms with Crippen LogP contribution < -0.4 is 10.6 Å². The maximum absolute atomic E-state index is 12.4. The first kappa shape index (κ1) is 13.2. The van der Waals surface area contributed by atoms with Crippen LogP contribution in [-0.4, -0.2) is 12.5 Å². The van der Waals surface area contributed by atoms with Gasteiger partial charge in [0.15, 0.2) is 0 Å². The summed E-state index contributed by atoms with van der Waals surface area (Å²) in [6, 6.07) is 10.2. The van der Waals surface area contributed by atoms with Gasteiger partial charge < -0.3 is 10.6 Å². The molecule has 0 saturated heterocycles. The van der Waals surface area contributed by atoms with Crippen LogP contribution in [-0.2, 0) is 17.8 Å². The molecular formula is C16H18N2OS. The Balaban J connectivity index is 1.66. The number of hydrogen-bond donors (Lipinski definition) is 2. The molecule has 0 fully saturated rings. The third-order valence-corrected chi connectivity index (χ3v) is 4.75. The summed E-state index contributed by atoms with van der Waals surface area (Å²) in [6.45, 7) is 3.47. The van der Waals surface area contributed by atoms with Crippen LogP contribution in [0.15, 0.2) is 35.7 Å². The first-order chi connectivity index (χ1) is 9.79. The van der Waals surface area contributed by atoms with E-state index in [1.54, 1.807) is 11.3 Å². The number of benzene rings is 1. The molecule has 2 aromatic rings. The fourth-order valence-electron chi connectivity index (χ4n) is 2.65. The van der Waals surface area contributed by atoms with Crippen LogP contribution >= 0.6 is 11.3 Å². The molecule has 4 heteroatoms. The molecule has 1 aliphatic heterocycles. The number of anilines is 1. The highest BCUT2D eigenvalue weighted by Gasteiger charge is 2.27. The predicted octanol–water partition coefficient (Wildman–Crippen LogP) is 3.14. The number of amides is 1. The van der Waals surface area contributed by atoms with Gasteiger partial charge in [0.25, 0.3) is 0 Å². The van der Waals surface area contributed by atoms with E-state index in [9.17, 15) is 4.79 Å². The van der Waals surface area contributed by atoms with E-state index >= 15 is 0 Å². The first-order valence-corrected chi connectivity index (χ1v) is 7.83. The lowest BCUT2D eigenvalue weighted by molar-refractivity contribution is -0.122. The maximum Gasteiger partial charge on any atom is 0.229 e. The monoisotopic (exact) mass is 286 g/mol. The molecule has 1 aliphatic rings. The van der Waals surface area contributed by atoms with Crippen LogP contribution in [0.1, 0.15) is 28.8 Å². The molecular weight excluding hydrogens is 268 g/mol.